The Kier molecular flexibility index (Phi) is 4.48. The minimum Gasteiger partial charge on any atom is -0.481 e. The molecule has 0 radical (unpaired) electrons. The summed E-state index contributed by atoms with van der Waals surface area (Å²) in [5.74, 6) is 0.154. The van der Waals surface area contributed by atoms with Gasteiger partial charge in [-0.15, -0.1) is 0 Å². The van der Waals surface area contributed by atoms with Gasteiger partial charge in [0.25, 0.3) is 0 Å². The molecule has 5 nitrogen and oxygen atoms in total. The highest BCUT2D eigenvalue weighted by molar-refractivity contribution is 5.70. The lowest BCUT2D eigenvalue weighted by Crippen LogP contribution is -2.41. The maximum absolute atomic E-state index is 11.3. The number of carboxylic acids is 1. The lowest BCUT2D eigenvalue weighted by Gasteiger charge is -2.33. The molecule has 0 spiro atoms. The lowest BCUT2D eigenvalue weighted by molar-refractivity contribution is -0.144. The molecule has 0 saturated carbocycles. The monoisotopic (exact) mass is 314 g/mol. The Bertz CT molecular complexity index is 678. The number of aromatic nitrogens is 1. The summed E-state index contributed by atoms with van der Waals surface area (Å²) in [6.07, 6.45) is 0.747. The normalized spacial score (nSPS) is 22.2. The number of carboxylic acid groups (broad SMARTS) is 1. The molecule has 2 aromatic rings. The van der Waals surface area contributed by atoms with E-state index in [0.717, 1.165) is 30.0 Å². The third-order valence-electron chi connectivity index (χ3n) is 4.37. The molecule has 2 heterocycles. The van der Waals surface area contributed by atoms with E-state index in [1.165, 1.54) is 5.56 Å². The summed E-state index contributed by atoms with van der Waals surface area (Å²) >= 11 is 0. The second-order valence-corrected chi connectivity index (χ2v) is 6.61. The molecule has 5 heteroatoms. The Labute approximate surface area is 135 Å². The first kappa shape index (κ1) is 15.7. The van der Waals surface area contributed by atoms with Crippen molar-refractivity contribution in [3.8, 4) is 11.3 Å². The smallest absolute Gasteiger partial charge is 0.307 e. The van der Waals surface area contributed by atoms with Crippen LogP contribution in [-0.2, 0) is 11.3 Å². The fourth-order valence-electron chi connectivity index (χ4n) is 3.24. The van der Waals surface area contributed by atoms with Crippen LogP contribution >= 0.6 is 0 Å². The number of hydrogen-bond donors (Lipinski definition) is 1. The van der Waals surface area contributed by atoms with E-state index in [-0.39, 0.29) is 5.92 Å². The van der Waals surface area contributed by atoms with Crippen molar-refractivity contribution < 1.29 is 14.4 Å². The third kappa shape index (κ3) is 3.79. The molecular formula is C18H22N2O3. The molecule has 1 aliphatic heterocycles. The van der Waals surface area contributed by atoms with Crippen LogP contribution in [0.1, 0.15) is 24.7 Å². The minimum atomic E-state index is -0.709. The van der Waals surface area contributed by atoms with E-state index in [4.69, 9.17) is 4.52 Å². The predicted molar refractivity (Wildman–Crippen MR) is 86.9 cm³/mol. The van der Waals surface area contributed by atoms with Crippen LogP contribution in [0.25, 0.3) is 11.3 Å². The van der Waals surface area contributed by atoms with Gasteiger partial charge in [0.1, 0.15) is 5.69 Å². The van der Waals surface area contributed by atoms with Crippen molar-refractivity contribution in [3.63, 3.8) is 0 Å². The summed E-state index contributed by atoms with van der Waals surface area (Å²) in [6, 6.07) is 10.1. The molecule has 1 saturated heterocycles. The number of benzene rings is 1. The van der Waals surface area contributed by atoms with Crippen molar-refractivity contribution in [2.24, 2.45) is 11.8 Å². The highest BCUT2D eigenvalue weighted by Gasteiger charge is 2.29. The summed E-state index contributed by atoms with van der Waals surface area (Å²) in [7, 11) is 0. The Morgan fingerprint density at radius 1 is 1.35 bits per heavy atom. The lowest BCUT2D eigenvalue weighted by atomic mass is 9.90. The molecule has 0 bridgehead atoms. The van der Waals surface area contributed by atoms with Crippen molar-refractivity contribution in [2.75, 3.05) is 13.1 Å². The van der Waals surface area contributed by atoms with E-state index >= 15 is 0 Å². The number of aryl methyl sites for hydroxylation is 1. The molecule has 2 unspecified atom stereocenters. The number of piperidine rings is 1. The topological polar surface area (TPSA) is 66.6 Å². The van der Waals surface area contributed by atoms with E-state index < -0.39 is 5.97 Å². The third-order valence-corrected chi connectivity index (χ3v) is 4.37. The van der Waals surface area contributed by atoms with Crippen molar-refractivity contribution in [1.29, 1.82) is 0 Å². The van der Waals surface area contributed by atoms with Gasteiger partial charge >= 0.3 is 5.97 Å². The van der Waals surface area contributed by atoms with E-state index in [2.05, 4.69) is 17.0 Å². The van der Waals surface area contributed by atoms with E-state index in [1.807, 2.05) is 37.3 Å². The largest absolute Gasteiger partial charge is 0.481 e. The van der Waals surface area contributed by atoms with Gasteiger partial charge in [-0.25, -0.2) is 0 Å². The maximum atomic E-state index is 11.3. The van der Waals surface area contributed by atoms with Crippen LogP contribution in [0.4, 0.5) is 0 Å². The van der Waals surface area contributed by atoms with Crippen molar-refractivity contribution in [3.05, 3.63) is 41.7 Å². The van der Waals surface area contributed by atoms with Gasteiger partial charge in [0.15, 0.2) is 5.76 Å². The predicted octanol–water partition coefficient (Wildman–Crippen LogP) is 3.19. The van der Waals surface area contributed by atoms with Crippen LogP contribution in [0.2, 0.25) is 0 Å². The van der Waals surface area contributed by atoms with Crippen LogP contribution < -0.4 is 0 Å². The second kappa shape index (κ2) is 6.54. The summed E-state index contributed by atoms with van der Waals surface area (Å²) in [4.78, 5) is 13.4. The standard InChI is InChI=1S/C18H22N2O3/c1-12-3-5-14(6-4-12)17-8-16(23-19-17)11-20-9-13(2)7-15(10-20)18(21)22/h3-6,8,13,15H,7,9-11H2,1-2H3,(H,21,22). The molecule has 1 fully saturated rings. The molecule has 1 aromatic carbocycles. The summed E-state index contributed by atoms with van der Waals surface area (Å²) in [5, 5.41) is 13.4. The quantitative estimate of drug-likeness (QED) is 0.938. The highest BCUT2D eigenvalue weighted by Crippen LogP contribution is 2.25. The number of nitrogens with zero attached hydrogens (tertiary/aromatic N) is 2. The zero-order valence-corrected chi connectivity index (χ0v) is 13.5. The van der Waals surface area contributed by atoms with Gasteiger partial charge in [0.2, 0.25) is 0 Å². The first-order valence-electron chi connectivity index (χ1n) is 7.99. The number of hydrogen-bond acceptors (Lipinski definition) is 4. The maximum Gasteiger partial charge on any atom is 0.307 e. The molecule has 2 atom stereocenters. The van der Waals surface area contributed by atoms with Crippen LogP contribution in [0.5, 0.6) is 0 Å². The number of carbonyl (C=O) groups is 1. The summed E-state index contributed by atoms with van der Waals surface area (Å²) in [5.41, 5.74) is 3.06. The van der Waals surface area contributed by atoms with Crippen molar-refractivity contribution in [1.82, 2.24) is 10.1 Å². The Morgan fingerprint density at radius 2 is 2.09 bits per heavy atom. The van der Waals surface area contributed by atoms with Gasteiger partial charge in [0.05, 0.1) is 12.5 Å². The second-order valence-electron chi connectivity index (χ2n) is 6.61. The molecule has 1 aliphatic rings. The molecular weight excluding hydrogens is 292 g/mol. The molecule has 1 N–H and O–H groups in total. The van der Waals surface area contributed by atoms with Gasteiger partial charge < -0.3 is 9.63 Å². The summed E-state index contributed by atoms with van der Waals surface area (Å²) in [6.45, 7) is 6.21. The minimum absolute atomic E-state index is 0.293. The Hall–Kier alpha value is -2.14. The average molecular weight is 314 g/mol. The van der Waals surface area contributed by atoms with Gasteiger partial charge in [0, 0.05) is 24.7 Å². The van der Waals surface area contributed by atoms with Crippen molar-refractivity contribution in [2.45, 2.75) is 26.8 Å². The molecule has 3 rings (SSSR count). The van der Waals surface area contributed by atoms with Gasteiger partial charge in [-0.3, -0.25) is 9.69 Å². The first-order chi connectivity index (χ1) is 11.0. The summed E-state index contributed by atoms with van der Waals surface area (Å²) < 4.78 is 5.44. The van der Waals surface area contributed by atoms with Gasteiger partial charge in [-0.1, -0.05) is 41.9 Å². The van der Waals surface area contributed by atoms with Gasteiger partial charge in [-0.05, 0) is 19.3 Å². The van der Waals surface area contributed by atoms with E-state index in [0.29, 0.717) is 19.0 Å². The highest BCUT2D eigenvalue weighted by atomic mass is 16.5. The van der Waals surface area contributed by atoms with Crippen LogP contribution in [-0.4, -0.2) is 34.2 Å². The fraction of sp³-hybridized carbons (Fsp3) is 0.444. The van der Waals surface area contributed by atoms with E-state index in [1.54, 1.807) is 0 Å². The SMILES string of the molecule is Cc1ccc(-c2cc(CN3CC(C)CC(C(=O)O)C3)on2)cc1. The van der Waals surface area contributed by atoms with Gasteiger partial charge in [-0.2, -0.15) is 0 Å². The number of likely N-dealkylation sites (tertiary alicyclic amines) is 1. The number of rotatable bonds is 4. The molecule has 0 amide bonds. The molecule has 0 aliphatic carbocycles. The zero-order chi connectivity index (χ0) is 16.4. The fourth-order valence-corrected chi connectivity index (χ4v) is 3.24. The molecule has 23 heavy (non-hydrogen) atoms. The van der Waals surface area contributed by atoms with Crippen LogP contribution in [0.15, 0.2) is 34.9 Å². The number of aliphatic carboxylic acids is 1. The molecule has 122 valence electrons. The van der Waals surface area contributed by atoms with Crippen molar-refractivity contribution >= 4 is 5.97 Å². The first-order valence-corrected chi connectivity index (χ1v) is 7.99. The van der Waals surface area contributed by atoms with E-state index in [9.17, 15) is 9.90 Å². The van der Waals surface area contributed by atoms with Crippen LogP contribution in [0, 0.1) is 18.8 Å². The Morgan fingerprint density at radius 3 is 2.78 bits per heavy atom. The average Bonchev–Trinajstić information content (AvgIpc) is 2.95. The Balaban J connectivity index is 1.69. The molecule has 1 aromatic heterocycles. The zero-order valence-electron chi connectivity index (χ0n) is 13.5. The van der Waals surface area contributed by atoms with Crippen LogP contribution in [0.3, 0.4) is 0 Å².